The Balaban J connectivity index is 5.04. The Hall–Kier alpha value is -2.49. The second-order valence-corrected chi connectivity index (χ2v) is 22.5. The summed E-state index contributed by atoms with van der Waals surface area (Å²) >= 11 is 0. The summed E-state index contributed by atoms with van der Waals surface area (Å²) in [5.41, 5.74) is 0. The zero-order valence-electron chi connectivity index (χ0n) is 38.5. The molecule has 1 aliphatic heterocycles. The minimum Gasteiger partial charge on any atom is -0.306 e. The zero-order valence-corrected chi connectivity index (χ0v) is 41.2. The fourth-order valence-corrected chi connectivity index (χ4v) is 14.3. The van der Waals surface area contributed by atoms with Gasteiger partial charge in [0, 0.05) is 38.5 Å². The Labute approximate surface area is 435 Å². The van der Waals surface area contributed by atoms with Crippen LogP contribution in [0.5, 0.6) is 0 Å². The van der Waals surface area contributed by atoms with Gasteiger partial charge in [0.1, 0.15) is 0 Å². The molecule has 0 atom stereocenters. The molecule has 9 nitrogen and oxygen atoms in total. The lowest BCUT2D eigenvalue weighted by Crippen LogP contribution is -2.52. The molecule has 0 fully saturated rings. The van der Waals surface area contributed by atoms with Crippen LogP contribution in [-0.4, -0.2) is 148 Å². The molecular formula is C30H24F42N3O6P3. The van der Waals surface area contributed by atoms with Crippen molar-refractivity contribution < 1.29 is 212 Å². The number of hydrogen-bond donors (Lipinski definition) is 0. The number of rotatable bonds is 30. The van der Waals surface area contributed by atoms with Crippen LogP contribution in [0, 0.1) is 0 Å². The SMILES string of the molecule is FC(F)(F)C(F)(F)C(F)(F)CCOP1(OCCC(F)(F)C(F)(F)C(F)(F)F)=NP(OCCC(F)(F)C(F)(F)C(F)(F)F)(OCCC(F)(F)C(F)(F)C(F)(F)F)=NP(OCCC(F)(F)C(F)(F)C(F)(F)F)(OCCC(F)(F)C(F)(F)C(F)(F)F)=N1. The molecule has 504 valence electrons. The van der Waals surface area contributed by atoms with Crippen molar-refractivity contribution in [2.45, 2.75) is 147 Å². The van der Waals surface area contributed by atoms with Crippen molar-refractivity contribution in [2.24, 2.45) is 13.5 Å². The molecule has 0 unspecified atom stereocenters. The van der Waals surface area contributed by atoms with E-state index in [1.54, 1.807) is 0 Å². The summed E-state index contributed by atoms with van der Waals surface area (Å²) in [6.45, 7) is -19.6. The van der Waals surface area contributed by atoms with E-state index in [1.807, 2.05) is 0 Å². The van der Waals surface area contributed by atoms with E-state index in [1.165, 1.54) is 0 Å². The summed E-state index contributed by atoms with van der Waals surface area (Å²) in [5, 5.41) is 0. The van der Waals surface area contributed by atoms with Crippen LogP contribution in [0.1, 0.15) is 38.5 Å². The van der Waals surface area contributed by atoms with Gasteiger partial charge in [0.05, 0.1) is 39.6 Å². The molecule has 0 bridgehead atoms. The van der Waals surface area contributed by atoms with Crippen LogP contribution in [0.3, 0.4) is 0 Å². The Bertz CT molecular complexity index is 1970. The van der Waals surface area contributed by atoms with Gasteiger partial charge in [-0.3, -0.25) is 0 Å². The molecule has 0 N–H and O–H groups in total. The predicted octanol–water partition coefficient (Wildman–Crippen LogP) is 19.3. The average molecular weight is 1410 g/mol. The normalized spacial score (nSPS) is 18.4. The van der Waals surface area contributed by atoms with Gasteiger partial charge >= 0.3 is 131 Å². The van der Waals surface area contributed by atoms with Gasteiger partial charge in [-0.05, 0) is 0 Å². The highest BCUT2D eigenvalue weighted by Crippen LogP contribution is 2.81. The Morgan fingerprint density at radius 2 is 0.274 bits per heavy atom. The highest BCUT2D eigenvalue weighted by Gasteiger charge is 2.77. The first kappa shape index (κ1) is 79.5. The molecule has 1 rings (SSSR count). The molecule has 0 aromatic carbocycles. The monoisotopic (exact) mass is 1410 g/mol. The van der Waals surface area contributed by atoms with Crippen molar-refractivity contribution in [2.75, 3.05) is 39.6 Å². The van der Waals surface area contributed by atoms with Crippen molar-refractivity contribution in [3.8, 4) is 0 Å². The second-order valence-electron chi connectivity index (χ2n) is 15.9. The number of nitrogens with zero attached hydrogens (tertiary/aromatic N) is 3. The molecule has 54 heteroatoms. The Kier molecular flexibility index (Phi) is 23.1. The molecule has 0 saturated heterocycles. The molecule has 0 spiro atoms. The van der Waals surface area contributed by atoms with E-state index >= 15 is 0 Å². The van der Waals surface area contributed by atoms with Crippen molar-refractivity contribution in [3.63, 3.8) is 0 Å². The summed E-state index contributed by atoms with van der Waals surface area (Å²) in [7, 11) is -22.7. The summed E-state index contributed by atoms with van der Waals surface area (Å²) in [6, 6.07) is 0. The fourth-order valence-electron chi connectivity index (χ4n) is 4.85. The van der Waals surface area contributed by atoms with Crippen molar-refractivity contribution in [3.05, 3.63) is 0 Å². The third kappa shape index (κ3) is 16.7. The smallest absolute Gasteiger partial charge is 0.306 e. The molecular weight excluding hydrogens is 1390 g/mol. The lowest BCUT2D eigenvalue weighted by Gasteiger charge is -2.36. The van der Waals surface area contributed by atoms with E-state index < -0.39 is 209 Å². The molecule has 0 aromatic rings. The highest BCUT2D eigenvalue weighted by atomic mass is 31.3. The highest BCUT2D eigenvalue weighted by molar-refractivity contribution is 7.78. The molecule has 1 aliphatic rings. The van der Waals surface area contributed by atoms with Gasteiger partial charge in [-0.15, -0.1) is 13.5 Å². The minimum absolute atomic E-state index is 2.43. The lowest BCUT2D eigenvalue weighted by molar-refractivity contribution is -0.356. The van der Waals surface area contributed by atoms with Gasteiger partial charge in [-0.25, -0.2) is 0 Å². The minimum atomic E-state index is -7.58. The summed E-state index contributed by atoms with van der Waals surface area (Å²) in [6.07, 6.45) is -67.1. The Morgan fingerprint density at radius 1 is 0.179 bits per heavy atom. The number of hydrogen-bond acceptors (Lipinski definition) is 9. The zero-order chi connectivity index (χ0) is 67.3. The summed E-state index contributed by atoms with van der Waals surface area (Å²) in [4.78, 5) is 0. The van der Waals surface area contributed by atoms with Gasteiger partial charge in [-0.2, -0.15) is 184 Å². The van der Waals surface area contributed by atoms with Gasteiger partial charge in [0.25, 0.3) is 0 Å². The maximum Gasteiger partial charge on any atom is 0.459 e. The molecule has 84 heavy (non-hydrogen) atoms. The van der Waals surface area contributed by atoms with E-state index in [4.69, 9.17) is 0 Å². The first-order chi connectivity index (χ1) is 36.4. The van der Waals surface area contributed by atoms with E-state index in [9.17, 15) is 184 Å². The molecule has 0 aliphatic carbocycles. The van der Waals surface area contributed by atoms with E-state index in [0.29, 0.717) is 0 Å². The van der Waals surface area contributed by atoms with Crippen LogP contribution < -0.4 is 0 Å². The Morgan fingerprint density at radius 3 is 0.357 bits per heavy atom. The quantitative estimate of drug-likeness (QED) is 0.0526. The molecule has 0 amide bonds. The van der Waals surface area contributed by atoms with Crippen LogP contribution in [0.15, 0.2) is 13.5 Å². The molecule has 1 heterocycles. The van der Waals surface area contributed by atoms with Crippen molar-refractivity contribution >= 4 is 23.0 Å². The standard InChI is InChI=1S/C30H24F42N3O6P3/c31-13(32,19(43,44)25(55,56)57)1-7-76-82(77-8-2-14(33,34)20(45,46)26(58,59)60)73-83(78-9-3-15(35,36)21(47,48)27(61,62)63,79-10-4-16(37,38)22(49,50)28(64,65)66)75-84(74-82,80-11-5-17(39,40)23(51,52)29(67,68)69)81-12-6-18(41,42)24(53,54)30(70,71)72/h1-12H2. The van der Waals surface area contributed by atoms with Crippen LogP contribution >= 0.6 is 23.0 Å². The topological polar surface area (TPSA) is 92.5 Å². The summed E-state index contributed by atoms with van der Waals surface area (Å²) < 4.78 is 605. The average Bonchev–Trinajstić information content (AvgIpc) is 3.23. The molecule has 0 radical (unpaired) electrons. The summed E-state index contributed by atoms with van der Waals surface area (Å²) in [5.74, 6) is -86.9. The van der Waals surface area contributed by atoms with Gasteiger partial charge in [-0.1, -0.05) is 0 Å². The lowest BCUT2D eigenvalue weighted by atomic mass is 10.1. The van der Waals surface area contributed by atoms with Crippen LogP contribution in [0.2, 0.25) is 0 Å². The number of alkyl halides is 42. The first-order valence-corrected chi connectivity index (χ1v) is 24.7. The van der Waals surface area contributed by atoms with Crippen LogP contribution in [0.4, 0.5) is 184 Å². The maximum atomic E-state index is 14.5. The van der Waals surface area contributed by atoms with Crippen LogP contribution in [0.25, 0.3) is 0 Å². The van der Waals surface area contributed by atoms with Crippen molar-refractivity contribution in [1.82, 2.24) is 0 Å². The first-order valence-electron chi connectivity index (χ1n) is 20.1. The van der Waals surface area contributed by atoms with Gasteiger partial charge < -0.3 is 27.1 Å². The third-order valence-corrected chi connectivity index (χ3v) is 18.2. The van der Waals surface area contributed by atoms with E-state index in [0.717, 1.165) is 0 Å². The van der Waals surface area contributed by atoms with Crippen molar-refractivity contribution in [1.29, 1.82) is 0 Å². The fraction of sp³-hybridized carbons (Fsp3) is 1.00. The second kappa shape index (κ2) is 24.4. The largest absolute Gasteiger partial charge is 0.459 e. The van der Waals surface area contributed by atoms with E-state index in [-0.39, 0.29) is 0 Å². The van der Waals surface area contributed by atoms with Crippen LogP contribution in [-0.2, 0) is 27.1 Å². The third-order valence-electron chi connectivity index (χ3n) is 9.62. The predicted molar refractivity (Wildman–Crippen MR) is 187 cm³/mol. The molecule has 0 aromatic heterocycles. The molecule has 0 saturated carbocycles. The van der Waals surface area contributed by atoms with Gasteiger partial charge in [0.15, 0.2) is 0 Å². The number of halogens is 42. The maximum absolute atomic E-state index is 14.5. The van der Waals surface area contributed by atoms with E-state index in [2.05, 4.69) is 40.7 Å². The van der Waals surface area contributed by atoms with Gasteiger partial charge in [0.2, 0.25) is 0 Å².